The van der Waals surface area contributed by atoms with Crippen LogP contribution < -0.4 is 20.1 Å². The summed E-state index contributed by atoms with van der Waals surface area (Å²) < 4.78 is 11.0. The number of hydrogen-bond donors (Lipinski definition) is 2. The van der Waals surface area contributed by atoms with Crippen LogP contribution in [0, 0.1) is 5.92 Å². The maximum absolute atomic E-state index is 5.58. The minimum Gasteiger partial charge on any atom is -0.454 e. The van der Waals surface area contributed by atoms with Crippen LogP contribution in [0.15, 0.2) is 48.7 Å². The SMILES string of the molecule is c1cc(CNCCCNc2ccnc3cc(CC4CCCCC4)ccc23)c2c(c1)OCO2. The highest BCUT2D eigenvalue weighted by molar-refractivity contribution is 5.91. The van der Waals surface area contributed by atoms with Gasteiger partial charge in [-0.15, -0.1) is 0 Å². The molecule has 0 radical (unpaired) electrons. The fraction of sp³-hybridized carbons (Fsp3) is 0.444. The van der Waals surface area contributed by atoms with Crippen molar-refractivity contribution in [3.8, 4) is 11.5 Å². The molecule has 2 aliphatic rings. The number of hydrogen-bond acceptors (Lipinski definition) is 5. The second-order valence-electron chi connectivity index (χ2n) is 9.03. The van der Waals surface area contributed by atoms with Crippen molar-refractivity contribution < 1.29 is 9.47 Å². The Kier molecular flexibility index (Phi) is 6.73. The molecule has 5 heteroatoms. The molecule has 168 valence electrons. The highest BCUT2D eigenvalue weighted by Gasteiger charge is 2.17. The minimum atomic E-state index is 0.318. The molecule has 1 saturated carbocycles. The van der Waals surface area contributed by atoms with Crippen LogP contribution in [0.2, 0.25) is 0 Å². The zero-order valence-corrected chi connectivity index (χ0v) is 18.7. The molecule has 1 aliphatic carbocycles. The van der Waals surface area contributed by atoms with Crippen LogP contribution in [0.5, 0.6) is 11.5 Å². The quantitative estimate of drug-likeness (QED) is 0.427. The van der Waals surface area contributed by atoms with Gasteiger partial charge in [-0.3, -0.25) is 4.98 Å². The summed E-state index contributed by atoms with van der Waals surface area (Å²) in [6.45, 7) is 2.96. The van der Waals surface area contributed by atoms with Crippen LogP contribution in [0.1, 0.15) is 49.7 Å². The molecule has 0 unspecified atom stereocenters. The maximum Gasteiger partial charge on any atom is 0.231 e. The van der Waals surface area contributed by atoms with E-state index in [9.17, 15) is 0 Å². The minimum absolute atomic E-state index is 0.318. The predicted octanol–water partition coefficient (Wildman–Crippen LogP) is 5.68. The van der Waals surface area contributed by atoms with E-state index in [1.54, 1.807) is 0 Å². The maximum atomic E-state index is 5.58. The Morgan fingerprint density at radius 3 is 2.84 bits per heavy atom. The molecule has 1 fully saturated rings. The number of anilines is 1. The van der Waals surface area contributed by atoms with Crippen LogP contribution in [0.25, 0.3) is 10.9 Å². The molecular formula is C27H33N3O2. The average molecular weight is 432 g/mol. The normalized spacial score (nSPS) is 15.9. The van der Waals surface area contributed by atoms with Gasteiger partial charge in [0.1, 0.15) is 0 Å². The Morgan fingerprint density at radius 2 is 1.91 bits per heavy atom. The van der Waals surface area contributed by atoms with Gasteiger partial charge in [-0.05, 0) is 49.1 Å². The van der Waals surface area contributed by atoms with Crippen molar-refractivity contribution in [2.24, 2.45) is 5.92 Å². The Balaban J connectivity index is 1.11. The Morgan fingerprint density at radius 1 is 0.969 bits per heavy atom. The van der Waals surface area contributed by atoms with E-state index < -0.39 is 0 Å². The van der Waals surface area contributed by atoms with Crippen LogP contribution in [0.4, 0.5) is 5.69 Å². The molecule has 1 aromatic heterocycles. The largest absolute Gasteiger partial charge is 0.454 e. The Hall–Kier alpha value is -2.79. The third kappa shape index (κ3) is 4.99. The molecule has 0 bridgehead atoms. The molecule has 1 aliphatic heterocycles. The third-order valence-electron chi connectivity index (χ3n) is 6.70. The lowest BCUT2D eigenvalue weighted by Crippen LogP contribution is -2.18. The first-order valence-corrected chi connectivity index (χ1v) is 12.1. The summed E-state index contributed by atoms with van der Waals surface area (Å²) in [6, 6.07) is 15.0. The van der Waals surface area contributed by atoms with Crippen LogP contribution in [-0.2, 0) is 13.0 Å². The van der Waals surface area contributed by atoms with Crippen LogP contribution >= 0.6 is 0 Å². The van der Waals surface area contributed by atoms with Crippen LogP contribution in [-0.4, -0.2) is 24.9 Å². The topological polar surface area (TPSA) is 55.4 Å². The number of fused-ring (bicyclic) bond motifs is 2. The second-order valence-corrected chi connectivity index (χ2v) is 9.03. The van der Waals surface area contributed by atoms with Crippen molar-refractivity contribution in [1.29, 1.82) is 0 Å². The van der Waals surface area contributed by atoms with Crippen molar-refractivity contribution in [3.63, 3.8) is 0 Å². The summed E-state index contributed by atoms with van der Waals surface area (Å²) in [6.07, 6.45) is 11.1. The molecule has 2 heterocycles. The molecule has 0 saturated heterocycles. The average Bonchev–Trinajstić information content (AvgIpc) is 3.32. The molecule has 3 aromatic rings. The van der Waals surface area contributed by atoms with E-state index in [2.05, 4.69) is 45.9 Å². The van der Waals surface area contributed by atoms with Crippen molar-refractivity contribution >= 4 is 16.6 Å². The molecule has 2 aromatic carbocycles. The van der Waals surface area contributed by atoms with E-state index in [4.69, 9.17) is 9.47 Å². The van der Waals surface area contributed by atoms with Gasteiger partial charge in [0, 0.05) is 35.9 Å². The first-order valence-electron chi connectivity index (χ1n) is 12.1. The van der Waals surface area contributed by atoms with E-state index in [0.29, 0.717) is 6.79 Å². The monoisotopic (exact) mass is 431 g/mol. The number of nitrogens with zero attached hydrogens (tertiary/aromatic N) is 1. The van der Waals surface area contributed by atoms with Crippen molar-refractivity contribution in [3.05, 3.63) is 59.8 Å². The summed E-state index contributed by atoms with van der Waals surface area (Å²) in [5.41, 5.74) is 4.85. The van der Waals surface area contributed by atoms with Gasteiger partial charge >= 0.3 is 0 Å². The van der Waals surface area contributed by atoms with E-state index in [1.165, 1.54) is 55.2 Å². The fourth-order valence-corrected chi connectivity index (χ4v) is 4.99. The smallest absolute Gasteiger partial charge is 0.231 e. The van der Waals surface area contributed by atoms with Crippen molar-refractivity contribution in [2.75, 3.05) is 25.2 Å². The van der Waals surface area contributed by atoms with Gasteiger partial charge in [-0.25, -0.2) is 0 Å². The number of nitrogens with one attached hydrogen (secondary N) is 2. The fourth-order valence-electron chi connectivity index (χ4n) is 4.99. The number of pyridine rings is 1. The van der Waals surface area contributed by atoms with Gasteiger partial charge in [-0.2, -0.15) is 0 Å². The first kappa shape index (κ1) is 21.1. The third-order valence-corrected chi connectivity index (χ3v) is 6.70. The Labute approximate surface area is 190 Å². The van der Waals surface area contributed by atoms with Gasteiger partial charge in [0.05, 0.1) is 5.52 Å². The lowest BCUT2D eigenvalue weighted by Gasteiger charge is -2.21. The number of benzene rings is 2. The van der Waals surface area contributed by atoms with Crippen molar-refractivity contribution in [1.82, 2.24) is 10.3 Å². The van der Waals surface area contributed by atoms with Gasteiger partial charge < -0.3 is 20.1 Å². The second kappa shape index (κ2) is 10.2. The van der Waals surface area contributed by atoms with Gasteiger partial charge in [0.2, 0.25) is 6.79 Å². The number of aromatic nitrogens is 1. The zero-order valence-electron chi connectivity index (χ0n) is 18.7. The Bertz CT molecular complexity index is 1050. The van der Waals surface area contributed by atoms with E-state index in [1.807, 2.05) is 18.3 Å². The predicted molar refractivity (Wildman–Crippen MR) is 129 cm³/mol. The standard InChI is InChI=1S/C27H33N3O2/c1-2-6-20(7-3-1)16-21-10-11-23-24(12-15-30-25(23)17-21)29-14-5-13-28-18-22-8-4-9-26-27(22)32-19-31-26/h4,8-12,15,17,20,28H,1-3,5-7,13-14,16,18-19H2,(H,29,30). The molecule has 5 nitrogen and oxygen atoms in total. The molecule has 0 atom stereocenters. The van der Waals surface area contributed by atoms with E-state index in [-0.39, 0.29) is 0 Å². The lowest BCUT2D eigenvalue weighted by atomic mass is 9.85. The highest BCUT2D eigenvalue weighted by Crippen LogP contribution is 2.35. The summed E-state index contributed by atoms with van der Waals surface area (Å²) in [5, 5.41) is 8.33. The van der Waals surface area contributed by atoms with E-state index in [0.717, 1.165) is 54.6 Å². The molecule has 0 spiro atoms. The summed E-state index contributed by atoms with van der Waals surface area (Å²) in [7, 11) is 0. The molecule has 2 N–H and O–H groups in total. The first-order chi connectivity index (χ1) is 15.9. The lowest BCUT2D eigenvalue weighted by molar-refractivity contribution is 0.173. The number of para-hydroxylation sites is 1. The molecular weight excluding hydrogens is 398 g/mol. The van der Waals surface area contributed by atoms with E-state index >= 15 is 0 Å². The molecule has 5 rings (SSSR count). The molecule has 0 amide bonds. The zero-order chi connectivity index (χ0) is 21.6. The highest BCUT2D eigenvalue weighted by atomic mass is 16.7. The number of ether oxygens (including phenoxy) is 2. The number of rotatable bonds is 9. The van der Waals surface area contributed by atoms with Gasteiger partial charge in [-0.1, -0.05) is 56.4 Å². The van der Waals surface area contributed by atoms with Crippen molar-refractivity contribution in [2.45, 2.75) is 51.5 Å². The van der Waals surface area contributed by atoms with Gasteiger partial charge in [0.25, 0.3) is 0 Å². The summed E-state index contributed by atoms with van der Waals surface area (Å²) in [5.74, 6) is 2.58. The van der Waals surface area contributed by atoms with Crippen LogP contribution in [0.3, 0.4) is 0 Å². The summed E-state index contributed by atoms with van der Waals surface area (Å²) in [4.78, 5) is 4.64. The molecule has 32 heavy (non-hydrogen) atoms. The summed E-state index contributed by atoms with van der Waals surface area (Å²) >= 11 is 0. The van der Waals surface area contributed by atoms with Gasteiger partial charge in [0.15, 0.2) is 11.5 Å².